The Bertz CT molecular complexity index is 811. The van der Waals surface area contributed by atoms with Crippen molar-refractivity contribution in [2.24, 2.45) is 5.92 Å². The summed E-state index contributed by atoms with van der Waals surface area (Å²) >= 11 is 6.41. The number of imidazole rings is 1. The summed E-state index contributed by atoms with van der Waals surface area (Å²) in [6.07, 6.45) is 5.39. The number of carboxylic acid groups (broad SMARTS) is 1. The van der Waals surface area contributed by atoms with Crippen LogP contribution in [0.1, 0.15) is 35.4 Å². The predicted octanol–water partition coefficient (Wildman–Crippen LogP) is 1.76. The van der Waals surface area contributed by atoms with E-state index in [1.165, 1.54) is 0 Å². The van der Waals surface area contributed by atoms with E-state index in [1.54, 1.807) is 17.0 Å². The van der Waals surface area contributed by atoms with Gasteiger partial charge in [0.25, 0.3) is 0 Å². The summed E-state index contributed by atoms with van der Waals surface area (Å²) in [5.74, 6) is -1.19. The molecular weight excluding hydrogens is 356 g/mol. The van der Waals surface area contributed by atoms with Crippen LogP contribution in [0.25, 0.3) is 0 Å². The molecule has 1 aromatic carbocycles. The first-order valence-corrected chi connectivity index (χ1v) is 8.91. The first-order valence-electron chi connectivity index (χ1n) is 8.53. The quantitative estimate of drug-likeness (QED) is 0.545. The molecule has 9 heteroatoms. The van der Waals surface area contributed by atoms with Gasteiger partial charge >= 0.3 is 13.1 Å². The van der Waals surface area contributed by atoms with E-state index in [0.717, 1.165) is 16.7 Å². The summed E-state index contributed by atoms with van der Waals surface area (Å²) < 4.78 is 1.75. The molecule has 0 aliphatic heterocycles. The number of fused-ring (bicyclic) bond motifs is 1. The summed E-state index contributed by atoms with van der Waals surface area (Å²) in [6.45, 7) is 0.422. The number of halogens is 1. The van der Waals surface area contributed by atoms with Crippen LogP contribution in [0.15, 0.2) is 24.5 Å². The number of nitrogens with two attached hydrogens (primary N) is 1. The number of rotatable bonds is 7. The molecule has 1 aromatic heterocycles. The second-order valence-electron chi connectivity index (χ2n) is 6.75. The van der Waals surface area contributed by atoms with Gasteiger partial charge in [-0.05, 0) is 47.8 Å². The van der Waals surface area contributed by atoms with Gasteiger partial charge in [0.2, 0.25) is 0 Å². The normalized spacial score (nSPS) is 18.7. The Morgan fingerprint density at radius 2 is 2.19 bits per heavy atom. The highest BCUT2D eigenvalue weighted by Gasteiger charge is 2.38. The fraction of sp³-hybridized carbons (Fsp3) is 0.412. The van der Waals surface area contributed by atoms with Crippen LogP contribution in [0.5, 0.6) is 0 Å². The average Bonchev–Trinajstić information content (AvgIpc) is 3.11. The topological polar surface area (TPSA) is 122 Å². The standard InChI is InChI=1S/C17H21BClN3O4/c19-14-8-11-6-10(2-1-3-18(25)26)15(16(23)24)13(11)7-12(14)9-22-5-4-21-17(22)20/h4-5,7-8,10,15,25-26H,1-3,6,9H2,(H2,20,21)(H,23,24). The van der Waals surface area contributed by atoms with Crippen molar-refractivity contribution in [1.82, 2.24) is 9.55 Å². The van der Waals surface area contributed by atoms with Crippen molar-refractivity contribution in [3.8, 4) is 0 Å². The van der Waals surface area contributed by atoms with E-state index in [0.29, 0.717) is 36.8 Å². The lowest BCUT2D eigenvalue weighted by Crippen LogP contribution is -2.19. The Hall–Kier alpha value is -2.03. The number of anilines is 1. The van der Waals surface area contributed by atoms with Crippen LogP contribution in [-0.2, 0) is 17.8 Å². The molecule has 3 rings (SSSR count). The van der Waals surface area contributed by atoms with Crippen molar-refractivity contribution >= 4 is 30.6 Å². The van der Waals surface area contributed by atoms with Gasteiger partial charge in [-0.25, -0.2) is 4.98 Å². The van der Waals surface area contributed by atoms with Crippen LogP contribution in [0.4, 0.5) is 5.95 Å². The largest absolute Gasteiger partial charge is 0.481 e. The highest BCUT2D eigenvalue weighted by atomic mass is 35.5. The molecule has 0 saturated carbocycles. The molecule has 26 heavy (non-hydrogen) atoms. The molecule has 0 saturated heterocycles. The molecule has 0 spiro atoms. The summed E-state index contributed by atoms with van der Waals surface area (Å²) in [4.78, 5) is 15.9. The molecule has 138 valence electrons. The number of aliphatic carboxylic acids is 1. The molecule has 1 heterocycles. The number of nitrogens with zero attached hydrogens (tertiary/aromatic N) is 2. The van der Waals surface area contributed by atoms with Crippen LogP contribution < -0.4 is 5.73 Å². The number of carbonyl (C=O) groups is 1. The maximum Gasteiger partial charge on any atom is 0.451 e. The van der Waals surface area contributed by atoms with Crippen LogP contribution in [0.2, 0.25) is 11.3 Å². The molecule has 2 unspecified atom stereocenters. The van der Waals surface area contributed by atoms with Crippen molar-refractivity contribution < 1.29 is 19.9 Å². The van der Waals surface area contributed by atoms with E-state index in [4.69, 9.17) is 27.4 Å². The van der Waals surface area contributed by atoms with Gasteiger partial charge in [0.15, 0.2) is 5.95 Å². The van der Waals surface area contributed by atoms with Gasteiger partial charge in [0, 0.05) is 17.4 Å². The number of benzene rings is 1. The van der Waals surface area contributed by atoms with Crippen LogP contribution >= 0.6 is 11.6 Å². The summed E-state index contributed by atoms with van der Waals surface area (Å²) in [5, 5.41) is 28.3. The Kier molecular flexibility index (Phi) is 5.55. The van der Waals surface area contributed by atoms with Crippen molar-refractivity contribution in [3.05, 3.63) is 46.2 Å². The fourth-order valence-electron chi connectivity index (χ4n) is 3.74. The lowest BCUT2D eigenvalue weighted by atomic mass is 9.80. The molecule has 0 amide bonds. The third kappa shape index (κ3) is 3.87. The van der Waals surface area contributed by atoms with E-state index in [2.05, 4.69) is 4.98 Å². The highest BCUT2D eigenvalue weighted by molar-refractivity contribution is 6.40. The summed E-state index contributed by atoms with van der Waals surface area (Å²) in [5.41, 5.74) is 8.33. The molecule has 0 radical (unpaired) electrons. The average molecular weight is 378 g/mol. The first kappa shape index (κ1) is 18.8. The van der Waals surface area contributed by atoms with Gasteiger partial charge in [0.05, 0.1) is 12.5 Å². The maximum atomic E-state index is 11.9. The van der Waals surface area contributed by atoms with Crippen LogP contribution in [0, 0.1) is 5.92 Å². The van der Waals surface area contributed by atoms with Gasteiger partial charge < -0.3 is 25.5 Å². The molecule has 7 nitrogen and oxygen atoms in total. The van der Waals surface area contributed by atoms with Gasteiger partial charge in [-0.3, -0.25) is 4.79 Å². The lowest BCUT2D eigenvalue weighted by molar-refractivity contribution is -0.139. The Balaban J connectivity index is 1.85. The second kappa shape index (κ2) is 7.69. The van der Waals surface area contributed by atoms with Crippen LogP contribution in [-0.4, -0.2) is 37.8 Å². The second-order valence-corrected chi connectivity index (χ2v) is 7.15. The smallest absolute Gasteiger partial charge is 0.451 e. The van der Waals surface area contributed by atoms with E-state index in [9.17, 15) is 9.90 Å². The maximum absolute atomic E-state index is 11.9. The van der Waals surface area contributed by atoms with Crippen molar-refractivity contribution in [3.63, 3.8) is 0 Å². The van der Waals surface area contributed by atoms with E-state index in [1.807, 2.05) is 12.1 Å². The van der Waals surface area contributed by atoms with Gasteiger partial charge in [0.1, 0.15) is 0 Å². The number of hydrogen-bond acceptors (Lipinski definition) is 5. The lowest BCUT2D eigenvalue weighted by Gasteiger charge is -2.17. The molecule has 0 fully saturated rings. The summed E-state index contributed by atoms with van der Waals surface area (Å²) in [7, 11) is -1.36. The molecular formula is C17H21BClN3O4. The van der Waals surface area contributed by atoms with E-state index >= 15 is 0 Å². The Morgan fingerprint density at radius 3 is 2.81 bits per heavy atom. The molecule has 2 atom stereocenters. The molecule has 5 N–H and O–H groups in total. The van der Waals surface area contributed by atoms with Crippen molar-refractivity contribution in [2.75, 3.05) is 5.73 Å². The number of nitrogen functional groups attached to an aromatic ring is 1. The number of carboxylic acids is 1. The van der Waals surface area contributed by atoms with E-state index < -0.39 is 19.0 Å². The molecule has 2 aromatic rings. The number of aromatic nitrogens is 2. The minimum Gasteiger partial charge on any atom is -0.481 e. The predicted molar refractivity (Wildman–Crippen MR) is 99.0 cm³/mol. The zero-order chi connectivity index (χ0) is 18.8. The Labute approximate surface area is 156 Å². The fourth-order valence-corrected chi connectivity index (χ4v) is 3.99. The third-order valence-corrected chi connectivity index (χ3v) is 5.34. The molecule has 1 aliphatic rings. The molecule has 0 bridgehead atoms. The minimum absolute atomic E-state index is 0.0779. The summed E-state index contributed by atoms with van der Waals surface area (Å²) in [6, 6.07) is 3.70. The van der Waals surface area contributed by atoms with Crippen LogP contribution in [0.3, 0.4) is 0 Å². The first-order chi connectivity index (χ1) is 12.4. The number of hydrogen-bond donors (Lipinski definition) is 4. The SMILES string of the molecule is Nc1nccn1Cc1cc2c(cc1Cl)CC(CCCB(O)O)C2C(=O)O. The molecule has 1 aliphatic carbocycles. The highest BCUT2D eigenvalue weighted by Crippen LogP contribution is 2.43. The zero-order valence-corrected chi connectivity index (χ0v) is 14.9. The van der Waals surface area contributed by atoms with Gasteiger partial charge in [-0.1, -0.05) is 24.1 Å². The van der Waals surface area contributed by atoms with Crippen molar-refractivity contribution in [2.45, 2.75) is 38.0 Å². The van der Waals surface area contributed by atoms with E-state index in [-0.39, 0.29) is 12.2 Å². The van der Waals surface area contributed by atoms with Gasteiger partial charge in [-0.15, -0.1) is 0 Å². The third-order valence-electron chi connectivity index (χ3n) is 4.99. The monoisotopic (exact) mass is 377 g/mol. The van der Waals surface area contributed by atoms with Crippen molar-refractivity contribution in [1.29, 1.82) is 0 Å². The minimum atomic E-state index is -1.36. The zero-order valence-electron chi connectivity index (χ0n) is 14.2. The Morgan fingerprint density at radius 1 is 1.42 bits per heavy atom. The van der Waals surface area contributed by atoms with Gasteiger partial charge in [-0.2, -0.15) is 0 Å².